The molecule has 0 aliphatic carbocycles. The van der Waals surface area contributed by atoms with Gasteiger partial charge >= 0.3 is 5.97 Å². The van der Waals surface area contributed by atoms with Crippen LogP contribution in [0.1, 0.15) is 69.1 Å². The summed E-state index contributed by atoms with van der Waals surface area (Å²) >= 11 is 0. The summed E-state index contributed by atoms with van der Waals surface area (Å²) in [4.78, 5) is 10.9. The number of hydrogen-bond acceptors (Lipinski definition) is 2. The predicted molar refractivity (Wildman–Crippen MR) is 92.2 cm³/mol. The van der Waals surface area contributed by atoms with E-state index < -0.39 is 12.0 Å². The van der Waals surface area contributed by atoms with Crippen molar-refractivity contribution in [2.24, 2.45) is 5.73 Å². The summed E-state index contributed by atoms with van der Waals surface area (Å²) in [7, 11) is 0. The molecule has 1 aromatic carbocycles. The van der Waals surface area contributed by atoms with Gasteiger partial charge in [-0.1, -0.05) is 57.7 Å². The van der Waals surface area contributed by atoms with Gasteiger partial charge < -0.3 is 10.8 Å². The molecule has 0 aliphatic rings. The number of nitrogens with two attached hydrogens (primary N) is 1. The van der Waals surface area contributed by atoms with E-state index >= 15 is 0 Å². The molecule has 3 heteroatoms. The number of benzene rings is 1. The SMILES string of the molecule is CCCCCc1ccc(C[C@H](N)C(=O)O)cc1CCCCC. The lowest BCUT2D eigenvalue weighted by Gasteiger charge is -2.13. The van der Waals surface area contributed by atoms with Crippen molar-refractivity contribution in [2.45, 2.75) is 77.7 Å². The fraction of sp³-hybridized carbons (Fsp3) is 0.632. The molecular weight excluding hydrogens is 274 g/mol. The first-order valence-corrected chi connectivity index (χ1v) is 8.67. The third-order valence-electron chi connectivity index (χ3n) is 4.14. The van der Waals surface area contributed by atoms with Gasteiger partial charge in [0.05, 0.1) is 0 Å². The van der Waals surface area contributed by atoms with Gasteiger partial charge in [0.15, 0.2) is 0 Å². The molecule has 0 heterocycles. The molecule has 0 saturated heterocycles. The molecule has 0 saturated carbocycles. The first kappa shape index (κ1) is 18.7. The first-order chi connectivity index (χ1) is 10.6. The Morgan fingerprint density at radius 2 is 1.64 bits per heavy atom. The minimum atomic E-state index is -0.931. The summed E-state index contributed by atoms with van der Waals surface area (Å²) < 4.78 is 0. The largest absolute Gasteiger partial charge is 0.480 e. The Kier molecular flexibility index (Phi) is 8.83. The molecule has 0 spiro atoms. The third kappa shape index (κ3) is 6.61. The summed E-state index contributed by atoms with van der Waals surface area (Å²) in [5.74, 6) is -0.931. The normalized spacial score (nSPS) is 12.3. The van der Waals surface area contributed by atoms with Gasteiger partial charge in [-0.05, 0) is 48.8 Å². The van der Waals surface area contributed by atoms with Crippen LogP contribution in [0.2, 0.25) is 0 Å². The highest BCUT2D eigenvalue weighted by molar-refractivity contribution is 5.73. The van der Waals surface area contributed by atoms with E-state index in [1.807, 2.05) is 6.07 Å². The quantitative estimate of drug-likeness (QED) is 0.605. The highest BCUT2D eigenvalue weighted by atomic mass is 16.4. The maximum Gasteiger partial charge on any atom is 0.320 e. The lowest BCUT2D eigenvalue weighted by atomic mass is 9.93. The molecule has 0 aromatic heterocycles. The molecule has 0 aliphatic heterocycles. The van der Waals surface area contributed by atoms with Gasteiger partial charge in [-0.3, -0.25) is 4.79 Å². The second-order valence-corrected chi connectivity index (χ2v) is 6.17. The zero-order chi connectivity index (χ0) is 16.4. The van der Waals surface area contributed by atoms with Crippen molar-refractivity contribution in [3.05, 3.63) is 34.9 Å². The molecule has 22 heavy (non-hydrogen) atoms. The lowest BCUT2D eigenvalue weighted by molar-refractivity contribution is -0.138. The number of carboxylic acids is 1. The average Bonchev–Trinajstić information content (AvgIpc) is 2.49. The van der Waals surface area contributed by atoms with E-state index in [0.717, 1.165) is 18.4 Å². The molecule has 0 bridgehead atoms. The third-order valence-corrected chi connectivity index (χ3v) is 4.14. The topological polar surface area (TPSA) is 63.3 Å². The fourth-order valence-corrected chi connectivity index (χ4v) is 2.75. The van der Waals surface area contributed by atoms with Crippen molar-refractivity contribution in [3.63, 3.8) is 0 Å². The van der Waals surface area contributed by atoms with Crippen LogP contribution in [-0.2, 0) is 24.1 Å². The van der Waals surface area contributed by atoms with E-state index in [0.29, 0.717) is 6.42 Å². The molecule has 1 atom stereocenters. The summed E-state index contributed by atoms with van der Waals surface area (Å²) in [5, 5.41) is 8.96. The van der Waals surface area contributed by atoms with Gasteiger partial charge in [-0.25, -0.2) is 0 Å². The molecule has 1 aromatic rings. The van der Waals surface area contributed by atoms with Crippen molar-refractivity contribution < 1.29 is 9.90 Å². The number of rotatable bonds is 11. The molecular formula is C19H31NO2. The standard InChI is InChI=1S/C19H31NO2/c1-3-5-7-9-16-12-11-15(14-18(20)19(21)22)13-17(16)10-8-6-4-2/h11-13,18H,3-10,14,20H2,1-2H3,(H,21,22)/t18-/m0/s1. The lowest BCUT2D eigenvalue weighted by Crippen LogP contribution is -2.32. The zero-order valence-electron chi connectivity index (χ0n) is 14.1. The maximum absolute atomic E-state index is 10.9. The molecule has 3 nitrogen and oxygen atoms in total. The van der Waals surface area contributed by atoms with Crippen LogP contribution < -0.4 is 5.73 Å². The van der Waals surface area contributed by atoms with Crippen LogP contribution in [0.5, 0.6) is 0 Å². The van der Waals surface area contributed by atoms with Gasteiger partial charge in [0.2, 0.25) is 0 Å². The number of aliphatic carboxylic acids is 1. The van der Waals surface area contributed by atoms with Gasteiger partial charge in [0, 0.05) is 0 Å². The highest BCUT2D eigenvalue weighted by Crippen LogP contribution is 2.19. The van der Waals surface area contributed by atoms with Gasteiger partial charge in [0.25, 0.3) is 0 Å². The molecule has 0 fully saturated rings. The van der Waals surface area contributed by atoms with Crippen molar-refractivity contribution >= 4 is 5.97 Å². The fourth-order valence-electron chi connectivity index (χ4n) is 2.75. The molecule has 0 amide bonds. The monoisotopic (exact) mass is 305 g/mol. The zero-order valence-corrected chi connectivity index (χ0v) is 14.1. The van der Waals surface area contributed by atoms with E-state index in [2.05, 4.69) is 26.0 Å². The van der Waals surface area contributed by atoms with E-state index in [9.17, 15) is 4.79 Å². The smallest absolute Gasteiger partial charge is 0.320 e. The van der Waals surface area contributed by atoms with E-state index in [1.54, 1.807) is 0 Å². The minimum absolute atomic E-state index is 0.408. The maximum atomic E-state index is 10.9. The minimum Gasteiger partial charge on any atom is -0.480 e. The number of carboxylic acid groups (broad SMARTS) is 1. The number of hydrogen-bond donors (Lipinski definition) is 2. The Hall–Kier alpha value is -1.35. The summed E-state index contributed by atoms with van der Waals surface area (Å²) in [6.45, 7) is 4.43. The second kappa shape index (κ2) is 10.4. The summed E-state index contributed by atoms with van der Waals surface area (Å²) in [5.41, 5.74) is 9.52. The van der Waals surface area contributed by atoms with Crippen LogP contribution >= 0.6 is 0 Å². The van der Waals surface area contributed by atoms with Crippen LogP contribution in [0.25, 0.3) is 0 Å². The van der Waals surface area contributed by atoms with E-state index in [1.165, 1.54) is 49.7 Å². The summed E-state index contributed by atoms with van der Waals surface area (Å²) in [6.07, 6.45) is 10.0. The van der Waals surface area contributed by atoms with Crippen molar-refractivity contribution in [2.75, 3.05) is 0 Å². The Balaban J connectivity index is 2.80. The molecule has 0 unspecified atom stereocenters. The van der Waals surface area contributed by atoms with Gasteiger partial charge in [-0.2, -0.15) is 0 Å². The van der Waals surface area contributed by atoms with E-state index in [-0.39, 0.29) is 0 Å². The van der Waals surface area contributed by atoms with Crippen molar-refractivity contribution in [1.82, 2.24) is 0 Å². The molecule has 3 N–H and O–H groups in total. The molecule has 0 radical (unpaired) electrons. The van der Waals surface area contributed by atoms with Crippen LogP contribution in [-0.4, -0.2) is 17.1 Å². The van der Waals surface area contributed by atoms with Crippen LogP contribution in [0, 0.1) is 0 Å². The number of carbonyl (C=O) groups is 1. The Morgan fingerprint density at radius 1 is 1.05 bits per heavy atom. The number of aryl methyl sites for hydroxylation is 2. The summed E-state index contributed by atoms with van der Waals surface area (Å²) in [6, 6.07) is 5.60. The second-order valence-electron chi connectivity index (χ2n) is 6.17. The number of unbranched alkanes of at least 4 members (excludes halogenated alkanes) is 4. The van der Waals surface area contributed by atoms with Gasteiger partial charge in [-0.15, -0.1) is 0 Å². The van der Waals surface area contributed by atoms with Crippen LogP contribution in [0.4, 0.5) is 0 Å². The first-order valence-electron chi connectivity index (χ1n) is 8.67. The molecule has 1 rings (SSSR count). The Labute approximate surface area is 134 Å². The highest BCUT2D eigenvalue weighted by Gasteiger charge is 2.13. The predicted octanol–water partition coefficient (Wildman–Crippen LogP) is 4.11. The van der Waals surface area contributed by atoms with Crippen molar-refractivity contribution in [3.8, 4) is 0 Å². The Bertz CT molecular complexity index is 457. The van der Waals surface area contributed by atoms with E-state index in [4.69, 9.17) is 10.8 Å². The molecule has 124 valence electrons. The van der Waals surface area contributed by atoms with Gasteiger partial charge in [0.1, 0.15) is 6.04 Å². The Morgan fingerprint density at radius 3 is 2.18 bits per heavy atom. The van der Waals surface area contributed by atoms with Crippen LogP contribution in [0.3, 0.4) is 0 Å². The van der Waals surface area contributed by atoms with Crippen LogP contribution in [0.15, 0.2) is 18.2 Å². The average molecular weight is 305 g/mol. The van der Waals surface area contributed by atoms with Crippen molar-refractivity contribution in [1.29, 1.82) is 0 Å².